The summed E-state index contributed by atoms with van der Waals surface area (Å²) in [6.45, 7) is 3.28. The number of hydrogen-bond acceptors (Lipinski definition) is 4. The lowest BCUT2D eigenvalue weighted by molar-refractivity contribution is -0.128. The smallest absolute Gasteiger partial charge is 0.261 e. The van der Waals surface area contributed by atoms with E-state index in [4.69, 9.17) is 0 Å². The van der Waals surface area contributed by atoms with E-state index in [0.29, 0.717) is 11.4 Å². The van der Waals surface area contributed by atoms with Crippen LogP contribution in [0, 0.1) is 12.8 Å². The fourth-order valence-electron chi connectivity index (χ4n) is 2.40. The molecule has 0 aromatic heterocycles. The molecule has 0 saturated heterocycles. The second-order valence-electron chi connectivity index (χ2n) is 5.83. The highest BCUT2D eigenvalue weighted by Gasteiger charge is 2.28. The molecule has 25 heavy (non-hydrogen) atoms. The van der Waals surface area contributed by atoms with Crippen molar-refractivity contribution in [3.05, 3.63) is 48.0 Å². The third-order valence-corrected chi connectivity index (χ3v) is 5.36. The average molecular weight is 359 g/mol. The Kier molecular flexibility index (Phi) is 4.22. The number of carbonyl (C=O) groups excluding carboxylic acids is 2. The van der Waals surface area contributed by atoms with Gasteiger partial charge in [-0.3, -0.25) is 14.3 Å². The fourth-order valence-corrected chi connectivity index (χ4v) is 3.55. The number of amides is 2. The zero-order chi connectivity index (χ0) is 18.2. The Morgan fingerprint density at radius 3 is 2.28 bits per heavy atom. The maximum Gasteiger partial charge on any atom is 0.261 e. The minimum atomic E-state index is -3.84. The van der Waals surface area contributed by atoms with Gasteiger partial charge in [-0.2, -0.15) is 0 Å². The minimum Gasteiger partial charge on any atom is -0.324 e. The first-order valence-corrected chi connectivity index (χ1v) is 9.10. The highest BCUT2D eigenvalue weighted by molar-refractivity contribution is 7.92. The van der Waals surface area contributed by atoms with Crippen LogP contribution in [-0.2, 0) is 19.6 Å². The van der Waals surface area contributed by atoms with Gasteiger partial charge >= 0.3 is 0 Å². The van der Waals surface area contributed by atoms with Gasteiger partial charge in [0.15, 0.2) is 0 Å². The molecule has 2 aromatic rings. The molecule has 3 rings (SSSR count). The van der Waals surface area contributed by atoms with Crippen molar-refractivity contribution < 1.29 is 18.0 Å². The molecular weight excluding hydrogens is 342 g/mol. The molecule has 0 spiro atoms. The Morgan fingerprint density at radius 1 is 0.960 bits per heavy atom. The average Bonchev–Trinajstić information content (AvgIpc) is 2.67. The number of fused-ring (bicyclic) bond motifs is 1. The third kappa shape index (κ3) is 3.34. The largest absolute Gasteiger partial charge is 0.324 e. The zero-order valence-corrected chi connectivity index (χ0v) is 14.5. The van der Waals surface area contributed by atoms with Crippen LogP contribution in [0.15, 0.2) is 47.4 Å². The first-order chi connectivity index (χ1) is 11.8. The summed E-state index contributed by atoms with van der Waals surface area (Å²) < 4.78 is 27.8. The summed E-state index contributed by atoms with van der Waals surface area (Å²) in [5, 5.41) is 5.18. The van der Waals surface area contributed by atoms with Gasteiger partial charge in [-0.15, -0.1) is 0 Å². The van der Waals surface area contributed by atoms with E-state index in [1.807, 2.05) is 6.07 Å². The van der Waals surface area contributed by atoms with E-state index >= 15 is 0 Å². The van der Waals surface area contributed by atoms with Crippen molar-refractivity contribution in [1.82, 2.24) is 0 Å². The van der Waals surface area contributed by atoms with E-state index in [9.17, 15) is 18.0 Å². The number of nitrogens with one attached hydrogen (secondary N) is 3. The monoisotopic (exact) mass is 359 g/mol. The molecule has 1 heterocycles. The Morgan fingerprint density at radius 2 is 1.60 bits per heavy atom. The Labute approximate surface area is 145 Å². The summed E-state index contributed by atoms with van der Waals surface area (Å²) in [6, 6.07) is 11.2. The molecule has 0 aliphatic carbocycles. The lowest BCUT2D eigenvalue weighted by Gasteiger charge is -2.13. The fraction of sp³-hybridized carbons (Fsp3) is 0.176. The van der Waals surface area contributed by atoms with E-state index in [1.54, 1.807) is 25.1 Å². The van der Waals surface area contributed by atoms with Gasteiger partial charge in [0.25, 0.3) is 10.0 Å². The van der Waals surface area contributed by atoms with Crippen molar-refractivity contribution in [1.29, 1.82) is 0 Å². The summed E-state index contributed by atoms with van der Waals surface area (Å²) >= 11 is 0. The normalized spacial score (nSPS) is 17.1. The van der Waals surface area contributed by atoms with Gasteiger partial charge in [0.1, 0.15) is 5.92 Å². The second-order valence-corrected chi connectivity index (χ2v) is 7.51. The number of sulfonamides is 1. The quantitative estimate of drug-likeness (QED) is 0.732. The van der Waals surface area contributed by atoms with Gasteiger partial charge in [0, 0.05) is 0 Å². The number of rotatable bonds is 3. The molecule has 2 amide bonds. The van der Waals surface area contributed by atoms with Crippen molar-refractivity contribution in [3.8, 4) is 0 Å². The molecule has 1 atom stereocenters. The topological polar surface area (TPSA) is 104 Å². The van der Waals surface area contributed by atoms with Gasteiger partial charge in [-0.25, -0.2) is 8.42 Å². The van der Waals surface area contributed by atoms with E-state index < -0.39 is 27.8 Å². The molecule has 0 radical (unpaired) electrons. The lowest BCUT2D eigenvalue weighted by atomic mass is 10.1. The molecular formula is C17H17N3O4S. The first kappa shape index (κ1) is 17.0. The Bertz CT molecular complexity index is 970. The molecule has 1 aliphatic heterocycles. The number of benzene rings is 2. The first-order valence-electron chi connectivity index (χ1n) is 7.62. The Hall–Kier alpha value is -2.87. The number of anilines is 3. The van der Waals surface area contributed by atoms with Crippen molar-refractivity contribution in [3.63, 3.8) is 0 Å². The molecule has 7 nitrogen and oxygen atoms in total. The van der Waals surface area contributed by atoms with Crippen molar-refractivity contribution in [2.45, 2.75) is 18.7 Å². The molecule has 130 valence electrons. The molecule has 3 N–H and O–H groups in total. The van der Waals surface area contributed by atoms with Crippen LogP contribution in [0.5, 0.6) is 0 Å². The predicted molar refractivity (Wildman–Crippen MR) is 94.9 cm³/mol. The van der Waals surface area contributed by atoms with Gasteiger partial charge in [-0.1, -0.05) is 18.2 Å². The van der Waals surface area contributed by atoms with Crippen LogP contribution in [0.3, 0.4) is 0 Å². The van der Waals surface area contributed by atoms with E-state index in [1.165, 1.54) is 25.1 Å². The summed E-state index contributed by atoms with van der Waals surface area (Å²) in [7, 11) is -3.84. The van der Waals surface area contributed by atoms with E-state index in [-0.39, 0.29) is 10.6 Å². The van der Waals surface area contributed by atoms with Crippen LogP contribution in [0.4, 0.5) is 17.1 Å². The van der Waals surface area contributed by atoms with Gasteiger partial charge in [0.2, 0.25) is 11.8 Å². The Balaban J connectivity index is 1.97. The standard InChI is InChI=1S/C17H17N3O4S/c1-10-5-3-4-6-13(10)20-25(23,24)12-7-8-14-15(9-12)19-17(22)11(2)16(21)18-14/h3-9,11,20H,1-2H3,(H,18,21)(H,19,22). The highest BCUT2D eigenvalue weighted by atomic mass is 32.2. The third-order valence-electron chi connectivity index (χ3n) is 3.99. The van der Waals surface area contributed by atoms with Crippen LogP contribution in [0.1, 0.15) is 12.5 Å². The molecule has 1 unspecified atom stereocenters. The summed E-state index contributed by atoms with van der Waals surface area (Å²) in [5.41, 5.74) is 1.87. The summed E-state index contributed by atoms with van der Waals surface area (Å²) in [4.78, 5) is 23.8. The van der Waals surface area contributed by atoms with Gasteiger partial charge in [0.05, 0.1) is 22.0 Å². The number of aryl methyl sites for hydroxylation is 1. The van der Waals surface area contributed by atoms with Crippen molar-refractivity contribution >= 4 is 38.9 Å². The van der Waals surface area contributed by atoms with Gasteiger partial charge in [-0.05, 0) is 43.7 Å². The van der Waals surface area contributed by atoms with E-state index in [2.05, 4.69) is 15.4 Å². The van der Waals surface area contributed by atoms with Crippen LogP contribution in [0.25, 0.3) is 0 Å². The SMILES string of the molecule is Cc1ccccc1NS(=O)(=O)c1ccc2c(c1)NC(=O)C(C)C(=O)N2. The van der Waals surface area contributed by atoms with Crippen LogP contribution in [-0.4, -0.2) is 20.2 Å². The minimum absolute atomic E-state index is 0.0152. The molecule has 2 aromatic carbocycles. The number of hydrogen-bond donors (Lipinski definition) is 3. The molecule has 0 saturated carbocycles. The van der Waals surface area contributed by atoms with Crippen LogP contribution >= 0.6 is 0 Å². The summed E-state index contributed by atoms with van der Waals surface area (Å²) in [5.74, 6) is -1.79. The van der Waals surface area contributed by atoms with E-state index in [0.717, 1.165) is 5.56 Å². The maximum atomic E-state index is 12.6. The van der Waals surface area contributed by atoms with Gasteiger partial charge < -0.3 is 10.6 Å². The number of carbonyl (C=O) groups is 2. The molecule has 8 heteroatoms. The van der Waals surface area contributed by atoms with Crippen molar-refractivity contribution in [2.75, 3.05) is 15.4 Å². The molecule has 0 bridgehead atoms. The van der Waals surface area contributed by atoms with Crippen molar-refractivity contribution in [2.24, 2.45) is 5.92 Å². The molecule has 1 aliphatic rings. The maximum absolute atomic E-state index is 12.6. The summed E-state index contributed by atoms with van der Waals surface area (Å²) in [6.07, 6.45) is 0. The second kappa shape index (κ2) is 6.21. The molecule has 0 fully saturated rings. The predicted octanol–water partition coefficient (Wildman–Crippen LogP) is 2.32. The number of para-hydroxylation sites is 1. The van der Waals surface area contributed by atoms with Crippen LogP contribution in [0.2, 0.25) is 0 Å². The highest BCUT2D eigenvalue weighted by Crippen LogP contribution is 2.30. The lowest BCUT2D eigenvalue weighted by Crippen LogP contribution is -2.28. The zero-order valence-electron chi connectivity index (χ0n) is 13.7. The van der Waals surface area contributed by atoms with Crippen LogP contribution < -0.4 is 15.4 Å².